The Hall–Kier alpha value is -1.78. The van der Waals surface area contributed by atoms with Gasteiger partial charge in [0.2, 0.25) is 0 Å². The minimum Gasteiger partial charge on any atom is -0.457 e. The third-order valence-electron chi connectivity index (χ3n) is 2.17. The van der Waals surface area contributed by atoms with E-state index in [1.807, 2.05) is 0 Å². The average Bonchev–Trinajstić information content (AvgIpc) is 2.32. The van der Waals surface area contributed by atoms with Crippen molar-refractivity contribution >= 4 is 28.9 Å². The van der Waals surface area contributed by atoms with Crippen molar-refractivity contribution < 1.29 is 9.66 Å². The molecule has 0 spiro atoms. The maximum atomic E-state index is 10.6. The standard InChI is InChI=1S/C12H7Cl2NO3/c13-8-1-3-9(4-2-8)18-10-5-6-12(15(16)17)11(14)7-10/h1-7H. The smallest absolute Gasteiger partial charge is 0.288 e. The van der Waals surface area contributed by atoms with Crippen molar-refractivity contribution in [2.24, 2.45) is 0 Å². The number of benzene rings is 2. The Balaban J connectivity index is 2.22. The fraction of sp³-hybridized carbons (Fsp3) is 0. The Morgan fingerprint density at radius 1 is 1.00 bits per heavy atom. The molecule has 0 aromatic heterocycles. The molecular formula is C12H7Cl2NO3. The molecule has 2 aromatic rings. The number of halogens is 2. The lowest BCUT2D eigenvalue weighted by molar-refractivity contribution is -0.384. The summed E-state index contributed by atoms with van der Waals surface area (Å²) in [6.45, 7) is 0. The van der Waals surface area contributed by atoms with Crippen LogP contribution >= 0.6 is 23.2 Å². The summed E-state index contributed by atoms with van der Waals surface area (Å²) in [4.78, 5) is 10.0. The molecule has 4 nitrogen and oxygen atoms in total. The summed E-state index contributed by atoms with van der Waals surface area (Å²) < 4.78 is 5.48. The Morgan fingerprint density at radius 2 is 1.61 bits per heavy atom. The van der Waals surface area contributed by atoms with Crippen molar-refractivity contribution in [3.63, 3.8) is 0 Å². The van der Waals surface area contributed by atoms with E-state index in [1.165, 1.54) is 18.2 Å². The van der Waals surface area contributed by atoms with Crippen LogP contribution in [-0.2, 0) is 0 Å². The highest BCUT2D eigenvalue weighted by Crippen LogP contribution is 2.31. The van der Waals surface area contributed by atoms with Crippen LogP contribution in [0, 0.1) is 10.1 Å². The second-order valence-corrected chi connectivity index (χ2v) is 4.27. The van der Waals surface area contributed by atoms with E-state index >= 15 is 0 Å². The van der Waals surface area contributed by atoms with E-state index in [-0.39, 0.29) is 10.7 Å². The van der Waals surface area contributed by atoms with E-state index in [1.54, 1.807) is 24.3 Å². The SMILES string of the molecule is O=[N+]([O-])c1ccc(Oc2ccc(Cl)cc2)cc1Cl. The van der Waals surface area contributed by atoms with Crippen molar-refractivity contribution in [2.45, 2.75) is 0 Å². The molecule has 0 amide bonds. The molecule has 0 N–H and O–H groups in total. The third kappa shape index (κ3) is 2.91. The van der Waals surface area contributed by atoms with Crippen molar-refractivity contribution in [3.05, 3.63) is 62.6 Å². The molecule has 2 aromatic carbocycles. The van der Waals surface area contributed by atoms with Crippen LogP contribution in [0.5, 0.6) is 11.5 Å². The molecule has 0 radical (unpaired) electrons. The number of ether oxygens (including phenoxy) is 1. The maximum Gasteiger partial charge on any atom is 0.288 e. The molecule has 0 unspecified atom stereocenters. The first-order chi connectivity index (χ1) is 8.56. The van der Waals surface area contributed by atoms with E-state index in [0.717, 1.165) is 0 Å². The number of nitro groups is 1. The predicted molar refractivity (Wildman–Crippen MR) is 69.6 cm³/mol. The fourth-order valence-corrected chi connectivity index (χ4v) is 1.70. The number of nitrogens with zero attached hydrogens (tertiary/aromatic N) is 1. The maximum absolute atomic E-state index is 10.6. The number of hydrogen-bond donors (Lipinski definition) is 0. The molecule has 0 saturated heterocycles. The quantitative estimate of drug-likeness (QED) is 0.606. The summed E-state index contributed by atoms with van der Waals surface area (Å²) in [5, 5.41) is 11.2. The molecule has 0 bridgehead atoms. The van der Waals surface area contributed by atoms with Crippen LogP contribution in [0.3, 0.4) is 0 Å². The van der Waals surface area contributed by atoms with Crippen LogP contribution in [0.4, 0.5) is 5.69 Å². The number of hydrogen-bond acceptors (Lipinski definition) is 3. The predicted octanol–water partition coefficient (Wildman–Crippen LogP) is 4.69. The molecule has 0 saturated carbocycles. The number of nitro benzene ring substituents is 1. The average molecular weight is 284 g/mol. The van der Waals surface area contributed by atoms with Crippen LogP contribution in [0.15, 0.2) is 42.5 Å². The van der Waals surface area contributed by atoms with Gasteiger partial charge >= 0.3 is 0 Å². The van der Waals surface area contributed by atoms with Crippen molar-refractivity contribution in [1.82, 2.24) is 0 Å². The van der Waals surface area contributed by atoms with Crippen molar-refractivity contribution in [1.29, 1.82) is 0 Å². The van der Waals surface area contributed by atoms with E-state index < -0.39 is 4.92 Å². The summed E-state index contributed by atoms with van der Waals surface area (Å²) >= 11 is 11.5. The van der Waals surface area contributed by atoms with Gasteiger partial charge in [-0.3, -0.25) is 10.1 Å². The summed E-state index contributed by atoms with van der Waals surface area (Å²) in [7, 11) is 0. The van der Waals surface area contributed by atoms with Gasteiger partial charge in [0.1, 0.15) is 16.5 Å². The van der Waals surface area contributed by atoms with Crippen LogP contribution in [0.25, 0.3) is 0 Å². The van der Waals surface area contributed by atoms with Gasteiger partial charge in [-0.1, -0.05) is 23.2 Å². The van der Waals surface area contributed by atoms with Gasteiger partial charge in [0.25, 0.3) is 5.69 Å². The fourth-order valence-electron chi connectivity index (χ4n) is 1.34. The van der Waals surface area contributed by atoms with E-state index in [0.29, 0.717) is 16.5 Å². The minimum absolute atomic E-state index is 0.0338. The zero-order valence-corrected chi connectivity index (χ0v) is 10.5. The second-order valence-electron chi connectivity index (χ2n) is 3.43. The van der Waals surface area contributed by atoms with E-state index in [4.69, 9.17) is 27.9 Å². The summed E-state index contributed by atoms with van der Waals surface area (Å²) in [6, 6.07) is 10.9. The Labute approximate surface area is 113 Å². The van der Waals surface area contributed by atoms with Gasteiger partial charge in [0.05, 0.1) is 4.92 Å². The van der Waals surface area contributed by atoms with Gasteiger partial charge in [-0.2, -0.15) is 0 Å². The van der Waals surface area contributed by atoms with Gasteiger partial charge < -0.3 is 4.74 Å². The van der Waals surface area contributed by atoms with Crippen LogP contribution in [0.2, 0.25) is 10.0 Å². The summed E-state index contributed by atoms with van der Waals surface area (Å²) in [5.41, 5.74) is -0.153. The Bertz CT molecular complexity index is 584. The Morgan fingerprint density at radius 3 is 2.17 bits per heavy atom. The lowest BCUT2D eigenvalue weighted by atomic mass is 10.3. The van der Waals surface area contributed by atoms with Crippen molar-refractivity contribution in [3.8, 4) is 11.5 Å². The first kappa shape index (κ1) is 12.7. The summed E-state index contributed by atoms with van der Waals surface area (Å²) in [6.07, 6.45) is 0. The molecule has 0 aliphatic carbocycles. The highest BCUT2D eigenvalue weighted by atomic mass is 35.5. The lowest BCUT2D eigenvalue weighted by Crippen LogP contribution is -1.90. The minimum atomic E-state index is -0.547. The Kier molecular flexibility index (Phi) is 3.69. The van der Waals surface area contributed by atoms with E-state index in [2.05, 4.69) is 0 Å². The van der Waals surface area contributed by atoms with Crippen LogP contribution in [-0.4, -0.2) is 4.92 Å². The second kappa shape index (κ2) is 5.25. The molecule has 2 rings (SSSR count). The van der Waals surface area contributed by atoms with Gasteiger partial charge in [-0.05, 0) is 30.3 Å². The molecule has 0 fully saturated rings. The zero-order valence-electron chi connectivity index (χ0n) is 8.97. The largest absolute Gasteiger partial charge is 0.457 e. The van der Waals surface area contributed by atoms with Crippen LogP contribution in [0.1, 0.15) is 0 Å². The first-order valence-electron chi connectivity index (χ1n) is 4.93. The molecule has 0 heterocycles. The zero-order chi connectivity index (χ0) is 13.1. The number of rotatable bonds is 3. The monoisotopic (exact) mass is 283 g/mol. The van der Waals surface area contributed by atoms with Gasteiger partial charge in [0.15, 0.2) is 0 Å². The lowest BCUT2D eigenvalue weighted by Gasteiger charge is -2.06. The van der Waals surface area contributed by atoms with E-state index in [9.17, 15) is 10.1 Å². The van der Waals surface area contributed by atoms with Gasteiger partial charge in [-0.25, -0.2) is 0 Å². The third-order valence-corrected chi connectivity index (χ3v) is 2.72. The van der Waals surface area contributed by atoms with Crippen molar-refractivity contribution in [2.75, 3.05) is 0 Å². The molecule has 92 valence electrons. The normalized spacial score (nSPS) is 10.1. The first-order valence-corrected chi connectivity index (χ1v) is 5.69. The molecule has 18 heavy (non-hydrogen) atoms. The van der Waals surface area contributed by atoms with Gasteiger partial charge in [-0.15, -0.1) is 0 Å². The highest BCUT2D eigenvalue weighted by Gasteiger charge is 2.12. The molecule has 6 heteroatoms. The topological polar surface area (TPSA) is 52.4 Å². The molecule has 0 atom stereocenters. The highest BCUT2D eigenvalue weighted by molar-refractivity contribution is 6.32. The molecule has 0 aliphatic heterocycles. The van der Waals surface area contributed by atoms with Gasteiger partial charge in [0, 0.05) is 17.2 Å². The summed E-state index contributed by atoms with van der Waals surface area (Å²) in [5.74, 6) is 0.997. The van der Waals surface area contributed by atoms with Crippen LogP contribution < -0.4 is 4.74 Å². The molecule has 0 aliphatic rings. The molecular weight excluding hydrogens is 277 g/mol.